The lowest BCUT2D eigenvalue weighted by molar-refractivity contribution is -0.516. The Morgan fingerprint density at radius 2 is 1.74 bits per heavy atom. The van der Waals surface area contributed by atoms with Crippen molar-refractivity contribution in [2.45, 2.75) is 33.0 Å². The van der Waals surface area contributed by atoms with Crippen molar-refractivity contribution in [3.05, 3.63) is 58.5 Å². The third-order valence-corrected chi connectivity index (χ3v) is 4.76. The summed E-state index contributed by atoms with van der Waals surface area (Å²) in [6.45, 7) is 3.09. The number of hydrogen-bond acceptors (Lipinski definition) is 5. The zero-order valence-electron chi connectivity index (χ0n) is 16.7. The number of hydrogen-bond donors (Lipinski definition) is 2. The van der Waals surface area contributed by atoms with Gasteiger partial charge in [0.15, 0.2) is 0 Å². The number of nitrogens with zero attached hydrogens (tertiary/aromatic N) is 5. The number of nitrogen functional groups attached to an aromatic ring is 1. The summed E-state index contributed by atoms with van der Waals surface area (Å²) >= 11 is 0. The van der Waals surface area contributed by atoms with Crippen molar-refractivity contribution in [2.75, 3.05) is 5.73 Å². The molecule has 0 aliphatic carbocycles. The lowest BCUT2D eigenvalue weighted by Gasteiger charge is -2.10. The van der Waals surface area contributed by atoms with E-state index in [0.717, 1.165) is 20.5 Å². The minimum atomic E-state index is -4.41. The molecule has 160 valence electrons. The fourth-order valence-electron chi connectivity index (χ4n) is 3.52. The van der Waals surface area contributed by atoms with Crippen LogP contribution >= 0.6 is 0 Å². The molecule has 0 fully saturated rings. The molecule has 3 N–H and O–H groups in total. The third-order valence-electron chi connectivity index (χ3n) is 4.76. The van der Waals surface area contributed by atoms with Gasteiger partial charge in [0.05, 0.1) is 18.5 Å². The predicted molar refractivity (Wildman–Crippen MR) is 107 cm³/mol. The molecular formula is C20H19F3N7O+. The normalized spacial score (nSPS) is 11.9. The molecule has 0 bridgehead atoms. The van der Waals surface area contributed by atoms with Crippen molar-refractivity contribution in [2.24, 2.45) is 0 Å². The van der Waals surface area contributed by atoms with E-state index in [1.165, 1.54) is 0 Å². The van der Waals surface area contributed by atoms with Crippen LogP contribution in [0.3, 0.4) is 0 Å². The molecule has 31 heavy (non-hydrogen) atoms. The quantitative estimate of drug-likeness (QED) is 0.484. The maximum Gasteiger partial charge on any atom is 0.428 e. The Kier molecular flexibility index (Phi) is 4.96. The molecule has 0 atom stereocenters. The fraction of sp³-hybridized carbons (Fsp3) is 0.250. The van der Waals surface area contributed by atoms with Crippen LogP contribution in [0.4, 0.5) is 19.1 Å². The highest BCUT2D eigenvalue weighted by atomic mass is 19.4. The summed E-state index contributed by atoms with van der Waals surface area (Å²) in [7, 11) is 0. The van der Waals surface area contributed by atoms with E-state index in [0.29, 0.717) is 22.4 Å². The molecule has 0 saturated heterocycles. The van der Waals surface area contributed by atoms with Crippen LogP contribution in [-0.2, 0) is 6.54 Å². The van der Waals surface area contributed by atoms with Gasteiger partial charge in [-0.25, -0.2) is 9.89 Å². The SMILES string of the molecule is Cc1cc(-c2c(-c3ccncc3)nc(N)[n+]3c(=O)n(CCC(F)(F)F)[nH]c23)cc(C)n1. The summed E-state index contributed by atoms with van der Waals surface area (Å²) in [6.07, 6.45) is -2.38. The highest BCUT2D eigenvalue weighted by Crippen LogP contribution is 2.33. The molecule has 0 aliphatic heterocycles. The summed E-state index contributed by atoms with van der Waals surface area (Å²) in [4.78, 5) is 25.6. The predicted octanol–water partition coefficient (Wildman–Crippen LogP) is 2.59. The van der Waals surface area contributed by atoms with E-state index in [9.17, 15) is 18.0 Å². The number of halogens is 3. The topological polar surface area (TPSA) is 107 Å². The first-order valence-corrected chi connectivity index (χ1v) is 9.41. The van der Waals surface area contributed by atoms with Crippen LogP contribution in [0.25, 0.3) is 28.0 Å². The molecule has 11 heteroatoms. The number of H-pyrrole nitrogens is 1. The molecule has 8 nitrogen and oxygen atoms in total. The number of nitrogens with one attached hydrogen (secondary N) is 1. The molecule has 0 radical (unpaired) electrons. The van der Waals surface area contributed by atoms with Crippen molar-refractivity contribution in [3.8, 4) is 22.4 Å². The number of nitrogens with two attached hydrogens (primary N) is 1. The van der Waals surface area contributed by atoms with E-state index in [2.05, 4.69) is 20.1 Å². The van der Waals surface area contributed by atoms with E-state index in [4.69, 9.17) is 5.73 Å². The largest absolute Gasteiger partial charge is 0.428 e. The molecule has 0 aliphatic rings. The Balaban J connectivity index is 2.05. The smallest absolute Gasteiger partial charge is 0.319 e. The van der Waals surface area contributed by atoms with Gasteiger partial charge in [-0.15, -0.1) is 9.38 Å². The van der Waals surface area contributed by atoms with E-state index in [1.54, 1.807) is 24.5 Å². The lowest BCUT2D eigenvalue weighted by Crippen LogP contribution is -2.44. The van der Waals surface area contributed by atoms with E-state index in [1.807, 2.05) is 26.0 Å². The Hall–Kier alpha value is -3.76. The summed E-state index contributed by atoms with van der Waals surface area (Å²) in [5.41, 5.74) is 9.45. The van der Waals surface area contributed by atoms with Gasteiger partial charge in [-0.2, -0.15) is 17.9 Å². The maximum absolute atomic E-state index is 12.8. The molecule has 4 aromatic heterocycles. The fourth-order valence-corrected chi connectivity index (χ4v) is 3.52. The number of fused-ring (bicyclic) bond motifs is 1. The number of aryl methyl sites for hydroxylation is 3. The van der Waals surface area contributed by atoms with Crippen LogP contribution < -0.4 is 15.8 Å². The Bertz CT molecular complexity index is 1310. The summed E-state index contributed by atoms with van der Waals surface area (Å²) in [5, 5.41) is 2.80. The van der Waals surface area contributed by atoms with Gasteiger partial charge < -0.3 is 5.73 Å². The molecule has 0 saturated carbocycles. The first-order chi connectivity index (χ1) is 14.6. The van der Waals surface area contributed by atoms with Crippen molar-refractivity contribution >= 4 is 11.6 Å². The molecular weight excluding hydrogens is 411 g/mol. The number of aromatic nitrogens is 6. The first kappa shape index (κ1) is 20.5. The van der Waals surface area contributed by atoms with Crippen LogP contribution in [0.15, 0.2) is 41.5 Å². The van der Waals surface area contributed by atoms with Crippen molar-refractivity contribution < 1.29 is 17.6 Å². The van der Waals surface area contributed by atoms with Crippen LogP contribution in [0.1, 0.15) is 17.8 Å². The van der Waals surface area contributed by atoms with Gasteiger partial charge in [0.2, 0.25) is 5.65 Å². The monoisotopic (exact) mass is 430 g/mol. The van der Waals surface area contributed by atoms with E-state index < -0.39 is 24.8 Å². The standard InChI is InChI=1S/C20H18F3N7O/c1-11-9-14(10-12(2)26-11)15-16(13-3-6-25-7-4-13)27-18(24)30-17(15)28-29(19(30)31)8-5-20(21,22)23/h3-4,6-7,9-10H,5,8H2,1-2H3,(H2,24,26,27,28)/p+1. The molecule has 0 amide bonds. The average Bonchev–Trinajstić information content (AvgIpc) is 3.02. The number of alkyl halides is 3. The van der Waals surface area contributed by atoms with Gasteiger partial charge in [0, 0.05) is 29.3 Å². The van der Waals surface area contributed by atoms with Crippen LogP contribution in [0.5, 0.6) is 0 Å². The van der Waals surface area contributed by atoms with Crippen LogP contribution in [0.2, 0.25) is 0 Å². The van der Waals surface area contributed by atoms with Crippen LogP contribution in [0, 0.1) is 13.8 Å². The lowest BCUT2D eigenvalue weighted by atomic mass is 10.00. The third kappa shape index (κ3) is 3.98. The van der Waals surface area contributed by atoms with Crippen molar-refractivity contribution in [3.63, 3.8) is 0 Å². The van der Waals surface area contributed by atoms with Gasteiger partial charge in [0.1, 0.15) is 5.69 Å². The van der Waals surface area contributed by atoms with Crippen molar-refractivity contribution in [1.82, 2.24) is 24.7 Å². The van der Waals surface area contributed by atoms with Crippen LogP contribution in [-0.4, -0.2) is 30.9 Å². The Morgan fingerprint density at radius 1 is 1.10 bits per heavy atom. The second-order valence-electron chi connectivity index (χ2n) is 7.16. The first-order valence-electron chi connectivity index (χ1n) is 9.41. The zero-order chi connectivity index (χ0) is 22.3. The average molecular weight is 430 g/mol. The summed E-state index contributed by atoms with van der Waals surface area (Å²) in [5.74, 6) is -0.139. The zero-order valence-corrected chi connectivity index (χ0v) is 16.7. The van der Waals surface area contributed by atoms with Gasteiger partial charge in [-0.3, -0.25) is 9.97 Å². The molecule has 4 heterocycles. The van der Waals surface area contributed by atoms with Crippen molar-refractivity contribution in [1.29, 1.82) is 0 Å². The number of pyridine rings is 2. The number of anilines is 1. The minimum Gasteiger partial charge on any atom is -0.319 e. The molecule has 0 aromatic carbocycles. The maximum atomic E-state index is 12.8. The van der Waals surface area contributed by atoms with E-state index in [-0.39, 0.29) is 11.6 Å². The summed E-state index contributed by atoms with van der Waals surface area (Å²) in [6, 6.07) is 7.11. The van der Waals surface area contributed by atoms with E-state index >= 15 is 0 Å². The van der Waals surface area contributed by atoms with Gasteiger partial charge in [0.25, 0.3) is 0 Å². The van der Waals surface area contributed by atoms with Gasteiger partial charge in [-0.05, 0) is 43.7 Å². The molecule has 4 rings (SSSR count). The number of aromatic amines is 1. The second kappa shape index (κ2) is 7.49. The minimum absolute atomic E-state index is 0.139. The van der Waals surface area contributed by atoms with Gasteiger partial charge in [-0.1, -0.05) is 0 Å². The molecule has 0 unspecified atom stereocenters. The highest BCUT2D eigenvalue weighted by molar-refractivity contribution is 5.88. The second-order valence-corrected chi connectivity index (χ2v) is 7.16. The molecule has 0 spiro atoms. The summed E-state index contributed by atoms with van der Waals surface area (Å²) < 4.78 is 40.2. The Morgan fingerprint density at radius 3 is 2.35 bits per heavy atom. The molecule has 4 aromatic rings. The highest BCUT2D eigenvalue weighted by Gasteiger charge is 2.30. The number of rotatable bonds is 4. The van der Waals surface area contributed by atoms with Gasteiger partial charge >= 0.3 is 17.8 Å². The Labute approximate surface area is 174 Å².